The average molecular weight is 256 g/mol. The number of rotatable bonds is 2. The molecule has 0 amide bonds. The Morgan fingerprint density at radius 3 is 2.71 bits per heavy atom. The van der Waals surface area contributed by atoms with E-state index >= 15 is 0 Å². The minimum atomic E-state index is -0.334. The van der Waals surface area contributed by atoms with Gasteiger partial charge in [-0.15, -0.1) is 0 Å². The summed E-state index contributed by atoms with van der Waals surface area (Å²) in [6.07, 6.45) is 0. The lowest BCUT2D eigenvalue weighted by atomic mass is 10.0. The molecule has 75 valence electrons. The third-order valence-electron chi connectivity index (χ3n) is 1.96. The lowest BCUT2D eigenvalue weighted by Crippen LogP contribution is -2.04. The highest BCUT2D eigenvalue weighted by molar-refractivity contribution is 9.10. The van der Waals surface area contributed by atoms with Gasteiger partial charge in [0.2, 0.25) is 0 Å². The second-order valence-corrected chi connectivity index (χ2v) is 3.89. The molecule has 0 heterocycles. The Labute approximate surface area is 92.4 Å². The first kappa shape index (κ1) is 11.2. The van der Waals surface area contributed by atoms with Gasteiger partial charge >= 0.3 is 5.97 Å². The van der Waals surface area contributed by atoms with Crippen molar-refractivity contribution in [3.63, 3.8) is 0 Å². The van der Waals surface area contributed by atoms with Gasteiger partial charge in [-0.1, -0.05) is 19.1 Å². The van der Waals surface area contributed by atoms with Crippen LogP contribution in [-0.2, 0) is 4.74 Å². The van der Waals surface area contributed by atoms with Crippen molar-refractivity contribution in [3.8, 4) is 0 Å². The molecule has 0 fully saturated rings. The largest absolute Gasteiger partial charge is 0.465 e. The van der Waals surface area contributed by atoms with Crippen molar-refractivity contribution < 1.29 is 9.53 Å². The minimum Gasteiger partial charge on any atom is -0.465 e. The topological polar surface area (TPSA) is 26.3 Å². The Morgan fingerprint density at radius 1 is 1.57 bits per heavy atom. The van der Waals surface area contributed by atoms with Gasteiger partial charge in [-0.25, -0.2) is 4.79 Å². The van der Waals surface area contributed by atoms with Crippen molar-refractivity contribution >= 4 is 21.9 Å². The summed E-state index contributed by atoms with van der Waals surface area (Å²) in [6.45, 7) is 5.89. The summed E-state index contributed by atoms with van der Waals surface area (Å²) < 4.78 is 5.44. The summed E-state index contributed by atoms with van der Waals surface area (Å²) in [7, 11) is 1.37. The lowest BCUT2D eigenvalue weighted by molar-refractivity contribution is 0.0599. The first-order valence-electron chi connectivity index (χ1n) is 4.27. The van der Waals surface area contributed by atoms with Crippen molar-refractivity contribution in [1.29, 1.82) is 0 Å². The molecule has 3 heteroatoms. The van der Waals surface area contributed by atoms with E-state index < -0.39 is 0 Å². The van der Waals surface area contributed by atoms with E-state index in [2.05, 4.69) is 27.6 Å². The maximum atomic E-state index is 11.3. The summed E-state index contributed by atoms with van der Waals surface area (Å²) in [6, 6.07) is 5.49. The summed E-state index contributed by atoms with van der Waals surface area (Å²) in [5.41, 5.74) is 1.55. The SMILES string of the molecule is [CH2]C(C)c1cccc(C(=O)OC)c1Br. The van der Waals surface area contributed by atoms with E-state index in [0.29, 0.717) is 5.56 Å². The van der Waals surface area contributed by atoms with Gasteiger partial charge in [0.15, 0.2) is 0 Å². The number of hydrogen-bond donors (Lipinski definition) is 0. The summed E-state index contributed by atoms with van der Waals surface area (Å²) in [4.78, 5) is 11.3. The summed E-state index contributed by atoms with van der Waals surface area (Å²) in [5.74, 6) is -0.201. The molecule has 1 unspecified atom stereocenters. The fourth-order valence-corrected chi connectivity index (χ4v) is 2.02. The van der Waals surface area contributed by atoms with Crippen LogP contribution in [-0.4, -0.2) is 13.1 Å². The van der Waals surface area contributed by atoms with Gasteiger partial charge in [0.25, 0.3) is 0 Å². The van der Waals surface area contributed by atoms with Crippen LogP contribution in [0.3, 0.4) is 0 Å². The van der Waals surface area contributed by atoms with Crippen LogP contribution in [0, 0.1) is 6.92 Å². The monoisotopic (exact) mass is 255 g/mol. The molecule has 1 atom stereocenters. The number of halogens is 1. The van der Waals surface area contributed by atoms with Crippen molar-refractivity contribution in [2.24, 2.45) is 0 Å². The van der Waals surface area contributed by atoms with E-state index in [1.807, 2.05) is 19.1 Å². The smallest absolute Gasteiger partial charge is 0.339 e. The van der Waals surface area contributed by atoms with Crippen LogP contribution in [0.2, 0.25) is 0 Å². The van der Waals surface area contributed by atoms with Gasteiger partial charge in [-0.3, -0.25) is 0 Å². The third kappa shape index (κ3) is 2.15. The molecule has 1 radical (unpaired) electrons. The van der Waals surface area contributed by atoms with Gasteiger partial charge in [-0.05, 0) is 40.4 Å². The molecule has 2 nitrogen and oxygen atoms in total. The normalized spacial score (nSPS) is 10.4. The van der Waals surface area contributed by atoms with E-state index in [4.69, 9.17) is 0 Å². The van der Waals surface area contributed by atoms with E-state index in [1.165, 1.54) is 7.11 Å². The molecule has 14 heavy (non-hydrogen) atoms. The Bertz CT molecular complexity index is 345. The third-order valence-corrected chi connectivity index (χ3v) is 2.85. The lowest BCUT2D eigenvalue weighted by Gasteiger charge is -2.10. The highest BCUT2D eigenvalue weighted by atomic mass is 79.9. The number of esters is 1. The van der Waals surface area contributed by atoms with Crippen LogP contribution >= 0.6 is 15.9 Å². The molecule has 0 aliphatic carbocycles. The second-order valence-electron chi connectivity index (χ2n) is 3.10. The van der Waals surface area contributed by atoms with Crippen LogP contribution in [0.1, 0.15) is 28.8 Å². The first-order valence-corrected chi connectivity index (χ1v) is 5.07. The van der Waals surface area contributed by atoms with Crippen LogP contribution in [0.5, 0.6) is 0 Å². The Hall–Kier alpha value is -0.830. The molecule has 1 rings (SSSR count). The molecule has 0 aliphatic rings. The Morgan fingerprint density at radius 2 is 2.21 bits per heavy atom. The number of ether oxygens (including phenoxy) is 1. The number of carbonyl (C=O) groups is 1. The predicted octanol–water partition coefficient (Wildman–Crippen LogP) is 3.17. The number of carbonyl (C=O) groups excluding carboxylic acids is 1. The first-order chi connectivity index (χ1) is 6.57. The van der Waals surface area contributed by atoms with Crippen LogP contribution in [0.4, 0.5) is 0 Å². The second kappa shape index (κ2) is 4.60. The number of hydrogen-bond acceptors (Lipinski definition) is 2. The summed E-state index contributed by atoms with van der Waals surface area (Å²) >= 11 is 3.38. The summed E-state index contributed by atoms with van der Waals surface area (Å²) in [5, 5.41) is 0. The van der Waals surface area contributed by atoms with E-state index in [1.54, 1.807) is 6.07 Å². The molecule has 0 saturated heterocycles. The van der Waals surface area contributed by atoms with Crippen molar-refractivity contribution in [2.45, 2.75) is 12.8 Å². The van der Waals surface area contributed by atoms with E-state index in [0.717, 1.165) is 10.0 Å². The Kier molecular flexibility index (Phi) is 3.69. The molecule has 0 aliphatic heterocycles. The van der Waals surface area contributed by atoms with Gasteiger partial charge in [-0.2, -0.15) is 0 Å². The number of benzene rings is 1. The molecular formula is C11H12BrO2. The molecule has 1 aromatic rings. The predicted molar refractivity (Wildman–Crippen MR) is 59.3 cm³/mol. The highest BCUT2D eigenvalue weighted by Crippen LogP contribution is 2.27. The van der Waals surface area contributed by atoms with Gasteiger partial charge < -0.3 is 4.74 Å². The molecular weight excluding hydrogens is 244 g/mol. The molecule has 0 bridgehead atoms. The van der Waals surface area contributed by atoms with Crippen LogP contribution < -0.4 is 0 Å². The van der Waals surface area contributed by atoms with E-state index in [9.17, 15) is 4.79 Å². The molecule has 1 aromatic carbocycles. The molecule has 0 saturated carbocycles. The van der Waals surface area contributed by atoms with Crippen molar-refractivity contribution in [1.82, 2.24) is 0 Å². The maximum absolute atomic E-state index is 11.3. The fourth-order valence-electron chi connectivity index (χ4n) is 1.20. The van der Waals surface area contributed by atoms with Crippen LogP contribution in [0.15, 0.2) is 22.7 Å². The zero-order valence-electron chi connectivity index (χ0n) is 8.21. The average Bonchev–Trinajstić information content (AvgIpc) is 2.16. The van der Waals surface area contributed by atoms with Gasteiger partial charge in [0.05, 0.1) is 12.7 Å². The van der Waals surface area contributed by atoms with E-state index in [-0.39, 0.29) is 11.9 Å². The standard InChI is InChI=1S/C11H12BrO2/c1-7(2)8-5-4-6-9(10(8)12)11(13)14-3/h4-7H,1H2,2-3H3. The van der Waals surface area contributed by atoms with Crippen molar-refractivity contribution in [2.75, 3.05) is 7.11 Å². The zero-order chi connectivity index (χ0) is 10.7. The molecule has 0 aromatic heterocycles. The zero-order valence-corrected chi connectivity index (χ0v) is 9.80. The maximum Gasteiger partial charge on any atom is 0.339 e. The molecule has 0 N–H and O–H groups in total. The quantitative estimate of drug-likeness (QED) is 0.759. The minimum absolute atomic E-state index is 0.133. The Balaban J connectivity index is 3.20. The van der Waals surface area contributed by atoms with Gasteiger partial charge in [0, 0.05) is 4.47 Å². The number of methoxy groups -OCH3 is 1. The van der Waals surface area contributed by atoms with Crippen LogP contribution in [0.25, 0.3) is 0 Å². The van der Waals surface area contributed by atoms with Crippen molar-refractivity contribution in [3.05, 3.63) is 40.7 Å². The van der Waals surface area contributed by atoms with Gasteiger partial charge in [0.1, 0.15) is 0 Å². The molecule has 0 spiro atoms. The highest BCUT2D eigenvalue weighted by Gasteiger charge is 2.14. The fraction of sp³-hybridized carbons (Fsp3) is 0.273.